The Morgan fingerprint density at radius 1 is 1.50 bits per heavy atom. The number of thiophene rings is 1. The largest absolute Gasteiger partial charge is 0.337 e. The first kappa shape index (κ1) is 14.5. The molecule has 0 atom stereocenters. The topological polar surface area (TPSA) is 38.1 Å². The van der Waals surface area contributed by atoms with Crippen LogP contribution < -0.4 is 0 Å². The van der Waals surface area contributed by atoms with Crippen molar-refractivity contribution in [2.75, 3.05) is 7.05 Å². The zero-order chi connectivity index (χ0) is 14.7. The van der Waals surface area contributed by atoms with Crippen LogP contribution in [0.4, 0.5) is 0 Å². The minimum atomic E-state index is 0.000975. The lowest BCUT2D eigenvalue weighted by molar-refractivity contribution is -0.125. The van der Waals surface area contributed by atoms with E-state index < -0.39 is 0 Å². The van der Waals surface area contributed by atoms with Gasteiger partial charge in [0.1, 0.15) is 0 Å². The Morgan fingerprint density at radius 3 is 2.80 bits per heavy atom. The van der Waals surface area contributed by atoms with E-state index in [2.05, 4.69) is 5.10 Å². The number of nitrogens with zero attached hydrogens (tertiary/aromatic N) is 3. The van der Waals surface area contributed by atoms with Crippen LogP contribution in [0.15, 0.2) is 23.6 Å². The molecule has 2 rings (SSSR count). The molecule has 2 aromatic rings. The van der Waals surface area contributed by atoms with Gasteiger partial charge in [-0.05, 0) is 31.4 Å². The fourth-order valence-electron chi connectivity index (χ4n) is 2.03. The van der Waals surface area contributed by atoms with Gasteiger partial charge in [0.25, 0.3) is 0 Å². The quantitative estimate of drug-likeness (QED) is 0.812. The number of aromatic nitrogens is 2. The molecule has 0 aliphatic carbocycles. The Bertz CT molecular complexity index is 626. The maximum atomic E-state index is 12.1. The van der Waals surface area contributed by atoms with Crippen LogP contribution in [-0.4, -0.2) is 27.6 Å². The second-order valence-electron chi connectivity index (χ2n) is 4.82. The molecule has 0 fully saturated rings. The zero-order valence-corrected chi connectivity index (χ0v) is 13.1. The van der Waals surface area contributed by atoms with Crippen LogP contribution in [0, 0.1) is 13.8 Å². The third kappa shape index (κ3) is 3.17. The summed E-state index contributed by atoms with van der Waals surface area (Å²) < 4.78 is 1.83. The lowest BCUT2D eigenvalue weighted by Gasteiger charge is -2.13. The highest BCUT2D eigenvalue weighted by molar-refractivity contribution is 7.09. The molecule has 0 aliphatic heterocycles. The van der Waals surface area contributed by atoms with E-state index in [0.717, 1.165) is 17.0 Å². The molecule has 0 saturated carbocycles. The molecule has 0 aliphatic rings. The van der Waals surface area contributed by atoms with Crippen molar-refractivity contribution >= 4 is 23.3 Å². The predicted octanol–water partition coefficient (Wildman–Crippen LogP) is 2.77. The SMILES string of the molecule is Cc1nn(C)c(C)c1C=CC(=O)N(C)Cc1cccs1. The van der Waals surface area contributed by atoms with Crippen LogP contribution in [0.25, 0.3) is 6.08 Å². The van der Waals surface area contributed by atoms with Crippen molar-refractivity contribution < 1.29 is 4.79 Å². The van der Waals surface area contributed by atoms with Crippen LogP contribution in [0.1, 0.15) is 21.8 Å². The normalized spacial score (nSPS) is 11.2. The first-order valence-corrected chi connectivity index (χ1v) is 7.32. The number of likely N-dealkylation sites (N-methyl/N-ethyl adjacent to an activating group) is 1. The molecular formula is C15H19N3OS. The first-order valence-electron chi connectivity index (χ1n) is 6.45. The molecule has 0 unspecified atom stereocenters. The van der Waals surface area contributed by atoms with Crippen LogP contribution in [0.5, 0.6) is 0 Å². The highest BCUT2D eigenvalue weighted by atomic mass is 32.1. The second kappa shape index (κ2) is 6.05. The van der Waals surface area contributed by atoms with Gasteiger partial charge in [0.05, 0.1) is 12.2 Å². The zero-order valence-electron chi connectivity index (χ0n) is 12.3. The van der Waals surface area contributed by atoms with Crippen molar-refractivity contribution in [1.29, 1.82) is 0 Å². The van der Waals surface area contributed by atoms with Crippen molar-refractivity contribution in [2.45, 2.75) is 20.4 Å². The van der Waals surface area contributed by atoms with Gasteiger partial charge in [0.2, 0.25) is 5.91 Å². The standard InChI is InChI=1S/C15H19N3OS/c1-11-14(12(2)18(4)16-11)7-8-15(19)17(3)10-13-6-5-9-20-13/h5-9H,10H2,1-4H3. The van der Waals surface area contributed by atoms with Crippen molar-refractivity contribution in [3.05, 3.63) is 45.4 Å². The minimum absolute atomic E-state index is 0.000975. The molecule has 1 amide bonds. The van der Waals surface area contributed by atoms with Gasteiger partial charge in [-0.25, -0.2) is 0 Å². The van der Waals surface area contributed by atoms with Gasteiger partial charge in [0.15, 0.2) is 0 Å². The molecule has 0 bridgehead atoms. The average molecular weight is 289 g/mol. The van der Waals surface area contributed by atoms with Gasteiger partial charge in [0, 0.05) is 36.3 Å². The molecule has 0 spiro atoms. The van der Waals surface area contributed by atoms with E-state index in [0.29, 0.717) is 6.54 Å². The third-order valence-electron chi connectivity index (χ3n) is 3.31. The predicted molar refractivity (Wildman–Crippen MR) is 82.5 cm³/mol. The summed E-state index contributed by atoms with van der Waals surface area (Å²) in [5.41, 5.74) is 3.02. The van der Waals surface area contributed by atoms with Gasteiger partial charge >= 0.3 is 0 Å². The van der Waals surface area contributed by atoms with E-state index in [9.17, 15) is 4.79 Å². The summed E-state index contributed by atoms with van der Waals surface area (Å²) in [6, 6.07) is 4.03. The Labute approximate surface area is 123 Å². The Morgan fingerprint density at radius 2 is 2.25 bits per heavy atom. The summed E-state index contributed by atoms with van der Waals surface area (Å²) in [5, 5.41) is 6.36. The molecule has 0 aromatic carbocycles. The van der Waals surface area contributed by atoms with Gasteiger partial charge in [-0.3, -0.25) is 9.48 Å². The van der Waals surface area contributed by atoms with Crippen LogP contribution in [0.2, 0.25) is 0 Å². The lowest BCUT2D eigenvalue weighted by atomic mass is 10.2. The molecule has 0 saturated heterocycles. The summed E-state index contributed by atoms with van der Waals surface area (Å²) in [4.78, 5) is 15.0. The van der Waals surface area contributed by atoms with Crippen LogP contribution in [-0.2, 0) is 18.4 Å². The molecule has 2 aromatic heterocycles. The van der Waals surface area contributed by atoms with E-state index in [1.807, 2.05) is 56.2 Å². The minimum Gasteiger partial charge on any atom is -0.337 e. The van der Waals surface area contributed by atoms with Crippen molar-refractivity contribution in [3.63, 3.8) is 0 Å². The molecule has 0 N–H and O–H groups in total. The van der Waals surface area contributed by atoms with Gasteiger partial charge in [-0.2, -0.15) is 5.10 Å². The number of carbonyl (C=O) groups excluding carboxylic acids is 1. The number of amides is 1. The molecular weight excluding hydrogens is 270 g/mol. The number of carbonyl (C=O) groups is 1. The third-order valence-corrected chi connectivity index (χ3v) is 4.17. The van der Waals surface area contributed by atoms with Crippen molar-refractivity contribution in [1.82, 2.24) is 14.7 Å². The van der Waals surface area contributed by atoms with Crippen molar-refractivity contribution in [2.24, 2.45) is 7.05 Å². The highest BCUT2D eigenvalue weighted by Crippen LogP contribution is 2.14. The van der Waals surface area contributed by atoms with E-state index in [4.69, 9.17) is 0 Å². The monoisotopic (exact) mass is 289 g/mol. The number of hydrogen-bond acceptors (Lipinski definition) is 3. The van der Waals surface area contributed by atoms with Gasteiger partial charge in [-0.1, -0.05) is 6.07 Å². The summed E-state index contributed by atoms with van der Waals surface area (Å²) in [6.45, 7) is 4.60. The smallest absolute Gasteiger partial charge is 0.246 e. The molecule has 2 heterocycles. The summed E-state index contributed by atoms with van der Waals surface area (Å²) in [5.74, 6) is 0.000975. The van der Waals surface area contributed by atoms with Gasteiger partial charge in [-0.15, -0.1) is 11.3 Å². The molecule has 5 heteroatoms. The fraction of sp³-hybridized carbons (Fsp3) is 0.333. The number of hydrogen-bond donors (Lipinski definition) is 0. The maximum absolute atomic E-state index is 12.1. The summed E-state index contributed by atoms with van der Waals surface area (Å²) in [7, 11) is 3.72. The van der Waals surface area contributed by atoms with E-state index in [1.54, 1.807) is 22.3 Å². The Hall–Kier alpha value is -1.88. The average Bonchev–Trinajstić information content (AvgIpc) is 2.98. The highest BCUT2D eigenvalue weighted by Gasteiger charge is 2.09. The lowest BCUT2D eigenvalue weighted by Crippen LogP contribution is -2.23. The maximum Gasteiger partial charge on any atom is 0.246 e. The molecule has 20 heavy (non-hydrogen) atoms. The Balaban J connectivity index is 2.05. The van der Waals surface area contributed by atoms with E-state index >= 15 is 0 Å². The van der Waals surface area contributed by atoms with Gasteiger partial charge < -0.3 is 4.90 Å². The molecule has 0 radical (unpaired) electrons. The van der Waals surface area contributed by atoms with E-state index in [-0.39, 0.29) is 5.91 Å². The van der Waals surface area contributed by atoms with E-state index in [1.165, 1.54) is 4.88 Å². The van der Waals surface area contributed by atoms with Crippen molar-refractivity contribution in [3.8, 4) is 0 Å². The molecule has 106 valence electrons. The summed E-state index contributed by atoms with van der Waals surface area (Å²) in [6.07, 6.45) is 3.47. The van der Waals surface area contributed by atoms with Crippen LogP contribution in [0.3, 0.4) is 0 Å². The fourth-order valence-corrected chi connectivity index (χ4v) is 2.78. The summed E-state index contributed by atoms with van der Waals surface area (Å²) >= 11 is 1.66. The molecule has 4 nitrogen and oxygen atoms in total. The second-order valence-corrected chi connectivity index (χ2v) is 5.85. The number of aryl methyl sites for hydroxylation is 2. The first-order chi connectivity index (χ1) is 9.49. The Kier molecular flexibility index (Phi) is 4.39. The van der Waals surface area contributed by atoms with Crippen LogP contribution >= 0.6 is 11.3 Å². The number of rotatable bonds is 4.